The van der Waals surface area contributed by atoms with E-state index in [-0.39, 0.29) is 10.8 Å². The monoisotopic (exact) mass is 472 g/mol. The largest absolute Gasteiger partial charge is 0.339 e. The maximum absolute atomic E-state index is 13.2. The number of sulfonamides is 1. The second-order valence-electron chi connectivity index (χ2n) is 8.14. The van der Waals surface area contributed by atoms with Gasteiger partial charge in [0.05, 0.1) is 16.5 Å². The molecule has 32 heavy (non-hydrogen) atoms. The Labute approximate surface area is 193 Å². The minimum atomic E-state index is -3.75. The number of nitriles is 1. The van der Waals surface area contributed by atoms with Crippen LogP contribution in [0.2, 0.25) is 5.02 Å². The highest BCUT2D eigenvalue weighted by molar-refractivity contribution is 7.89. The van der Waals surface area contributed by atoms with Crippen LogP contribution in [0.25, 0.3) is 0 Å². The van der Waals surface area contributed by atoms with Crippen LogP contribution >= 0.6 is 11.6 Å². The molecule has 2 aliphatic rings. The van der Waals surface area contributed by atoms with Gasteiger partial charge in [0.25, 0.3) is 0 Å². The summed E-state index contributed by atoms with van der Waals surface area (Å²) in [6.45, 7) is 3.69. The van der Waals surface area contributed by atoms with E-state index in [0.717, 1.165) is 25.2 Å². The van der Waals surface area contributed by atoms with Gasteiger partial charge in [-0.1, -0.05) is 23.7 Å². The van der Waals surface area contributed by atoms with Crippen molar-refractivity contribution in [1.82, 2.24) is 14.1 Å². The average Bonchev–Trinajstić information content (AvgIpc) is 3.31. The highest BCUT2D eigenvalue weighted by Gasteiger charge is 2.41. The quantitative estimate of drug-likeness (QED) is 0.668. The lowest BCUT2D eigenvalue weighted by Gasteiger charge is -2.37. The minimum Gasteiger partial charge on any atom is -0.339 e. The van der Waals surface area contributed by atoms with Gasteiger partial charge in [-0.05, 0) is 54.8 Å². The normalized spacial score (nSPS) is 20.2. The molecule has 1 amide bonds. The molecule has 2 saturated heterocycles. The number of rotatable bonds is 5. The summed E-state index contributed by atoms with van der Waals surface area (Å²) < 4.78 is 27.6. The van der Waals surface area contributed by atoms with Crippen molar-refractivity contribution in [3.05, 3.63) is 64.7 Å². The third-order valence-electron chi connectivity index (χ3n) is 6.08. The zero-order valence-electron chi connectivity index (χ0n) is 17.7. The van der Waals surface area contributed by atoms with E-state index >= 15 is 0 Å². The molecular formula is C23H25ClN4O3S. The van der Waals surface area contributed by atoms with Crippen molar-refractivity contribution in [2.75, 3.05) is 32.7 Å². The molecule has 0 radical (unpaired) electrons. The Morgan fingerprint density at radius 3 is 2.28 bits per heavy atom. The van der Waals surface area contributed by atoms with Crippen molar-refractivity contribution in [3.8, 4) is 6.07 Å². The zero-order valence-corrected chi connectivity index (χ0v) is 19.2. The molecule has 2 fully saturated rings. The number of piperazine rings is 1. The lowest BCUT2D eigenvalue weighted by atomic mass is 10.1. The van der Waals surface area contributed by atoms with Crippen LogP contribution in [-0.4, -0.2) is 67.2 Å². The number of carbonyl (C=O) groups excluding carboxylic acids is 1. The Kier molecular flexibility index (Phi) is 6.82. The molecule has 0 aliphatic carbocycles. The topological polar surface area (TPSA) is 84.7 Å². The number of nitrogens with zero attached hydrogens (tertiary/aromatic N) is 4. The predicted molar refractivity (Wildman–Crippen MR) is 121 cm³/mol. The zero-order chi connectivity index (χ0) is 22.7. The number of hydrogen-bond donors (Lipinski definition) is 0. The second kappa shape index (κ2) is 9.59. The van der Waals surface area contributed by atoms with Crippen LogP contribution in [0.3, 0.4) is 0 Å². The molecular weight excluding hydrogens is 448 g/mol. The SMILES string of the molecule is N#Cc1ccc(CN2CCN(C(=O)C3CCCN3S(=O)(=O)c3ccc(Cl)cc3)CC2)cc1. The van der Waals surface area contributed by atoms with E-state index in [1.807, 2.05) is 24.3 Å². The average molecular weight is 473 g/mol. The standard InChI is InChI=1S/C23H25ClN4O3S/c24-20-7-9-21(10-8-20)32(30,31)28-11-1-2-22(28)23(29)27-14-12-26(13-15-27)17-19-5-3-18(16-25)4-6-19/h3-10,22H,1-2,11-15,17H2. The van der Waals surface area contributed by atoms with E-state index in [2.05, 4.69) is 11.0 Å². The van der Waals surface area contributed by atoms with Crippen molar-refractivity contribution in [2.45, 2.75) is 30.3 Å². The summed E-state index contributed by atoms with van der Waals surface area (Å²) in [5.41, 5.74) is 1.76. The van der Waals surface area contributed by atoms with Gasteiger partial charge in [0.15, 0.2) is 0 Å². The smallest absolute Gasteiger partial charge is 0.243 e. The molecule has 7 nitrogen and oxygen atoms in total. The molecule has 2 aromatic rings. The molecule has 4 rings (SSSR count). The van der Waals surface area contributed by atoms with Gasteiger partial charge in [0.1, 0.15) is 6.04 Å². The molecule has 2 aliphatic heterocycles. The lowest BCUT2D eigenvalue weighted by Crippen LogP contribution is -2.54. The fourth-order valence-corrected chi connectivity index (χ4v) is 6.07. The third kappa shape index (κ3) is 4.81. The van der Waals surface area contributed by atoms with Crippen molar-refractivity contribution < 1.29 is 13.2 Å². The molecule has 2 heterocycles. The predicted octanol–water partition coefficient (Wildman–Crippen LogP) is 2.71. The van der Waals surface area contributed by atoms with Crippen LogP contribution in [0.1, 0.15) is 24.0 Å². The first-order valence-corrected chi connectivity index (χ1v) is 12.5. The van der Waals surface area contributed by atoms with E-state index < -0.39 is 16.1 Å². The summed E-state index contributed by atoms with van der Waals surface area (Å²) >= 11 is 5.89. The van der Waals surface area contributed by atoms with E-state index in [1.54, 1.807) is 17.0 Å². The van der Waals surface area contributed by atoms with E-state index in [0.29, 0.717) is 43.1 Å². The Hall–Kier alpha value is -2.44. The summed E-state index contributed by atoms with van der Waals surface area (Å²) in [5, 5.41) is 9.39. The van der Waals surface area contributed by atoms with Crippen molar-refractivity contribution >= 4 is 27.5 Å². The second-order valence-corrected chi connectivity index (χ2v) is 10.5. The first-order chi connectivity index (χ1) is 15.4. The van der Waals surface area contributed by atoms with Gasteiger partial charge in [0, 0.05) is 44.3 Å². The van der Waals surface area contributed by atoms with Crippen LogP contribution < -0.4 is 0 Å². The number of carbonyl (C=O) groups is 1. The Morgan fingerprint density at radius 1 is 1.00 bits per heavy atom. The van der Waals surface area contributed by atoms with Crippen LogP contribution in [0.4, 0.5) is 0 Å². The van der Waals surface area contributed by atoms with Gasteiger partial charge >= 0.3 is 0 Å². The number of amides is 1. The number of benzene rings is 2. The van der Waals surface area contributed by atoms with Gasteiger partial charge < -0.3 is 4.90 Å². The molecule has 168 valence electrons. The van der Waals surface area contributed by atoms with Crippen molar-refractivity contribution in [1.29, 1.82) is 5.26 Å². The Morgan fingerprint density at radius 2 is 1.66 bits per heavy atom. The number of halogens is 1. The molecule has 0 aromatic heterocycles. The van der Waals surface area contributed by atoms with Gasteiger partial charge in [-0.15, -0.1) is 0 Å². The molecule has 0 bridgehead atoms. The van der Waals surface area contributed by atoms with E-state index in [9.17, 15) is 13.2 Å². The molecule has 9 heteroatoms. The summed E-state index contributed by atoms with van der Waals surface area (Å²) in [4.78, 5) is 17.4. The maximum Gasteiger partial charge on any atom is 0.243 e. The maximum atomic E-state index is 13.2. The summed E-state index contributed by atoms with van der Waals surface area (Å²) in [5.74, 6) is -0.113. The molecule has 2 aromatic carbocycles. The lowest BCUT2D eigenvalue weighted by molar-refractivity contribution is -0.136. The van der Waals surface area contributed by atoms with E-state index in [1.165, 1.54) is 16.4 Å². The summed E-state index contributed by atoms with van der Waals surface area (Å²) in [6.07, 6.45) is 1.21. The van der Waals surface area contributed by atoms with Crippen LogP contribution in [0, 0.1) is 11.3 Å². The van der Waals surface area contributed by atoms with Gasteiger partial charge in [0.2, 0.25) is 15.9 Å². The molecule has 0 spiro atoms. The summed E-state index contributed by atoms with van der Waals surface area (Å²) in [6, 6.07) is 15.1. The highest BCUT2D eigenvalue weighted by Crippen LogP contribution is 2.28. The van der Waals surface area contributed by atoms with Crippen LogP contribution in [0.5, 0.6) is 0 Å². The first kappa shape index (κ1) is 22.7. The number of hydrogen-bond acceptors (Lipinski definition) is 5. The fraction of sp³-hybridized carbons (Fsp3) is 0.391. The van der Waals surface area contributed by atoms with Gasteiger partial charge in [-0.3, -0.25) is 9.69 Å². The molecule has 0 saturated carbocycles. The van der Waals surface area contributed by atoms with Crippen LogP contribution in [0.15, 0.2) is 53.4 Å². The third-order valence-corrected chi connectivity index (χ3v) is 8.26. The van der Waals surface area contributed by atoms with Gasteiger partial charge in [-0.2, -0.15) is 9.57 Å². The molecule has 1 atom stereocenters. The summed E-state index contributed by atoms with van der Waals surface area (Å²) in [7, 11) is -3.75. The Bertz CT molecular complexity index is 1110. The first-order valence-electron chi connectivity index (χ1n) is 10.7. The van der Waals surface area contributed by atoms with Crippen molar-refractivity contribution in [3.63, 3.8) is 0 Å². The van der Waals surface area contributed by atoms with Gasteiger partial charge in [-0.25, -0.2) is 8.42 Å². The highest BCUT2D eigenvalue weighted by atomic mass is 35.5. The molecule has 0 N–H and O–H groups in total. The molecule has 1 unspecified atom stereocenters. The Balaban J connectivity index is 1.37. The minimum absolute atomic E-state index is 0.113. The van der Waals surface area contributed by atoms with Crippen LogP contribution in [-0.2, 0) is 21.4 Å². The van der Waals surface area contributed by atoms with Crippen molar-refractivity contribution in [2.24, 2.45) is 0 Å². The fourth-order valence-electron chi connectivity index (χ4n) is 4.30. The van der Waals surface area contributed by atoms with E-state index in [4.69, 9.17) is 16.9 Å².